The predicted octanol–water partition coefficient (Wildman–Crippen LogP) is 4.56. The largest absolute Gasteiger partial charge is 0.333 e. The number of carbonyl (C=O) groups excluding carboxylic acids is 1. The lowest BCUT2D eigenvalue weighted by Gasteiger charge is -2.05. The Bertz CT molecular complexity index is 895. The zero-order valence-electron chi connectivity index (χ0n) is 14.0. The summed E-state index contributed by atoms with van der Waals surface area (Å²) in [5.74, 6) is 1.71. The topological polar surface area (TPSA) is 68.0 Å². The van der Waals surface area contributed by atoms with Gasteiger partial charge in [0.15, 0.2) is 5.82 Å². The van der Waals surface area contributed by atoms with Crippen LogP contribution in [-0.2, 0) is 11.2 Å². The smallest absolute Gasteiger partial charge is 0.270 e. The van der Waals surface area contributed by atoms with Crippen molar-refractivity contribution in [3.8, 4) is 10.8 Å². The highest BCUT2D eigenvalue weighted by Crippen LogP contribution is 2.40. The SMILES string of the molecule is Cc1cccc(CCC(=O)Nc2ccsc2-c2nc(C3CC3)no2)c1. The molecule has 0 unspecified atom stereocenters. The number of nitrogens with zero attached hydrogens (tertiary/aromatic N) is 2. The normalized spacial score (nSPS) is 13.8. The molecule has 0 bridgehead atoms. The summed E-state index contributed by atoms with van der Waals surface area (Å²) in [5.41, 5.74) is 3.12. The maximum atomic E-state index is 12.3. The fourth-order valence-corrected chi connectivity index (χ4v) is 3.52. The molecule has 25 heavy (non-hydrogen) atoms. The van der Waals surface area contributed by atoms with E-state index in [-0.39, 0.29) is 5.91 Å². The van der Waals surface area contributed by atoms with E-state index in [1.165, 1.54) is 22.5 Å². The molecule has 5 nitrogen and oxygen atoms in total. The molecule has 1 saturated carbocycles. The van der Waals surface area contributed by atoms with Gasteiger partial charge in [0.25, 0.3) is 5.89 Å². The number of rotatable bonds is 6. The quantitative estimate of drug-likeness (QED) is 0.705. The van der Waals surface area contributed by atoms with Gasteiger partial charge in [0.05, 0.1) is 5.69 Å². The summed E-state index contributed by atoms with van der Waals surface area (Å²) in [4.78, 5) is 17.6. The zero-order chi connectivity index (χ0) is 17.2. The van der Waals surface area contributed by atoms with E-state index in [0.717, 1.165) is 35.7 Å². The molecule has 3 aromatic rings. The number of thiophene rings is 1. The number of nitrogens with one attached hydrogen (secondary N) is 1. The minimum absolute atomic E-state index is 0.0110. The Kier molecular flexibility index (Phi) is 4.36. The maximum absolute atomic E-state index is 12.3. The molecule has 1 amide bonds. The van der Waals surface area contributed by atoms with Crippen LogP contribution in [0.1, 0.15) is 42.1 Å². The van der Waals surface area contributed by atoms with E-state index < -0.39 is 0 Å². The Hall–Kier alpha value is -2.47. The summed E-state index contributed by atoms with van der Waals surface area (Å²) in [6, 6.07) is 10.1. The van der Waals surface area contributed by atoms with E-state index in [0.29, 0.717) is 18.2 Å². The molecule has 1 aromatic carbocycles. The van der Waals surface area contributed by atoms with Gasteiger partial charge in [0, 0.05) is 12.3 Å². The first kappa shape index (κ1) is 16.0. The molecule has 1 aliphatic carbocycles. The fourth-order valence-electron chi connectivity index (χ4n) is 2.75. The highest BCUT2D eigenvalue weighted by Gasteiger charge is 2.29. The van der Waals surface area contributed by atoms with Gasteiger partial charge >= 0.3 is 0 Å². The number of amides is 1. The number of benzene rings is 1. The zero-order valence-corrected chi connectivity index (χ0v) is 14.8. The highest BCUT2D eigenvalue weighted by molar-refractivity contribution is 7.14. The number of aromatic nitrogens is 2. The summed E-state index contributed by atoms with van der Waals surface area (Å²) in [7, 11) is 0. The first-order valence-electron chi connectivity index (χ1n) is 8.46. The maximum Gasteiger partial charge on any atom is 0.270 e. The second-order valence-electron chi connectivity index (χ2n) is 6.43. The van der Waals surface area contributed by atoms with Crippen molar-refractivity contribution in [3.05, 3.63) is 52.7 Å². The fraction of sp³-hybridized carbons (Fsp3) is 0.316. The monoisotopic (exact) mass is 353 g/mol. The minimum Gasteiger partial charge on any atom is -0.333 e. The van der Waals surface area contributed by atoms with Gasteiger partial charge in [0.2, 0.25) is 5.91 Å². The van der Waals surface area contributed by atoms with Crippen LogP contribution in [0.3, 0.4) is 0 Å². The standard InChI is InChI=1S/C19H19N3O2S/c1-12-3-2-4-13(11-12)5-8-16(23)20-15-9-10-25-17(15)19-21-18(22-24-19)14-6-7-14/h2-4,9-11,14H,5-8H2,1H3,(H,20,23). The first-order valence-corrected chi connectivity index (χ1v) is 9.34. The summed E-state index contributed by atoms with van der Waals surface area (Å²) >= 11 is 1.50. The molecule has 0 aliphatic heterocycles. The van der Waals surface area contributed by atoms with Gasteiger partial charge in [-0.1, -0.05) is 35.0 Å². The molecule has 2 aromatic heterocycles. The molecule has 6 heteroatoms. The van der Waals surface area contributed by atoms with Crippen molar-refractivity contribution in [1.29, 1.82) is 0 Å². The molecule has 0 spiro atoms. The molecule has 0 atom stereocenters. The average Bonchev–Trinajstić information content (AvgIpc) is 3.15. The summed E-state index contributed by atoms with van der Waals surface area (Å²) in [6.45, 7) is 2.06. The third-order valence-electron chi connectivity index (χ3n) is 4.24. The third-order valence-corrected chi connectivity index (χ3v) is 5.14. The minimum atomic E-state index is -0.0110. The average molecular weight is 353 g/mol. The molecular weight excluding hydrogens is 334 g/mol. The second kappa shape index (κ2) is 6.80. The Labute approximate surface area is 150 Å². The highest BCUT2D eigenvalue weighted by atomic mass is 32.1. The molecule has 0 saturated heterocycles. The van der Waals surface area contributed by atoms with Gasteiger partial charge in [0.1, 0.15) is 4.88 Å². The molecule has 128 valence electrons. The number of carbonyl (C=O) groups is 1. The van der Waals surface area contributed by atoms with Gasteiger partial charge in [-0.15, -0.1) is 11.3 Å². The van der Waals surface area contributed by atoms with Gasteiger partial charge in [-0.2, -0.15) is 4.98 Å². The summed E-state index contributed by atoms with van der Waals surface area (Å²) in [6.07, 6.45) is 3.42. The molecule has 0 radical (unpaired) electrons. The predicted molar refractivity (Wildman–Crippen MR) is 97.7 cm³/mol. The van der Waals surface area contributed by atoms with E-state index in [9.17, 15) is 4.79 Å². The molecule has 4 rings (SSSR count). The van der Waals surface area contributed by atoms with Crippen LogP contribution in [0.15, 0.2) is 40.2 Å². The lowest BCUT2D eigenvalue weighted by molar-refractivity contribution is -0.116. The Morgan fingerprint density at radius 2 is 2.24 bits per heavy atom. The van der Waals surface area contributed by atoms with Crippen LogP contribution in [-0.4, -0.2) is 16.0 Å². The van der Waals surface area contributed by atoms with Gasteiger partial charge in [-0.05, 0) is 43.2 Å². The van der Waals surface area contributed by atoms with E-state index in [1.54, 1.807) is 0 Å². The van der Waals surface area contributed by atoms with Crippen molar-refractivity contribution in [1.82, 2.24) is 10.1 Å². The van der Waals surface area contributed by atoms with Crippen LogP contribution < -0.4 is 5.32 Å². The Morgan fingerprint density at radius 3 is 3.04 bits per heavy atom. The van der Waals surface area contributed by atoms with Crippen LogP contribution in [0.4, 0.5) is 5.69 Å². The summed E-state index contributed by atoms with van der Waals surface area (Å²) < 4.78 is 5.37. The van der Waals surface area contributed by atoms with Gasteiger partial charge in [-0.3, -0.25) is 4.79 Å². The third kappa shape index (κ3) is 3.79. The van der Waals surface area contributed by atoms with Crippen molar-refractivity contribution in [2.45, 2.75) is 38.5 Å². The lowest BCUT2D eigenvalue weighted by Crippen LogP contribution is -2.12. The lowest BCUT2D eigenvalue weighted by atomic mass is 10.1. The van der Waals surface area contributed by atoms with Crippen LogP contribution in [0.5, 0.6) is 0 Å². The van der Waals surface area contributed by atoms with E-state index in [2.05, 4.69) is 34.5 Å². The van der Waals surface area contributed by atoms with Crippen molar-refractivity contribution in [2.75, 3.05) is 5.32 Å². The Balaban J connectivity index is 1.40. The second-order valence-corrected chi connectivity index (χ2v) is 7.35. The molecular formula is C19H19N3O2S. The van der Waals surface area contributed by atoms with Crippen molar-refractivity contribution in [3.63, 3.8) is 0 Å². The first-order chi connectivity index (χ1) is 12.2. The Morgan fingerprint density at radius 1 is 1.36 bits per heavy atom. The van der Waals surface area contributed by atoms with Crippen LogP contribution in [0.2, 0.25) is 0 Å². The van der Waals surface area contributed by atoms with E-state index in [4.69, 9.17) is 4.52 Å². The van der Waals surface area contributed by atoms with Gasteiger partial charge < -0.3 is 9.84 Å². The number of hydrogen-bond acceptors (Lipinski definition) is 5. The van der Waals surface area contributed by atoms with Crippen LogP contribution in [0, 0.1) is 6.92 Å². The molecule has 2 heterocycles. The summed E-state index contributed by atoms with van der Waals surface area (Å²) in [5, 5.41) is 8.94. The molecule has 1 N–H and O–H groups in total. The number of anilines is 1. The molecule has 1 aliphatic rings. The van der Waals surface area contributed by atoms with Crippen molar-refractivity contribution >= 4 is 22.9 Å². The number of aryl methyl sites for hydroxylation is 2. The molecule has 1 fully saturated rings. The van der Waals surface area contributed by atoms with Crippen molar-refractivity contribution in [2.24, 2.45) is 0 Å². The number of hydrogen-bond donors (Lipinski definition) is 1. The van der Waals surface area contributed by atoms with Crippen LogP contribution >= 0.6 is 11.3 Å². The van der Waals surface area contributed by atoms with Gasteiger partial charge in [-0.25, -0.2) is 0 Å². The van der Waals surface area contributed by atoms with Crippen molar-refractivity contribution < 1.29 is 9.32 Å². The van der Waals surface area contributed by atoms with E-state index >= 15 is 0 Å². The van der Waals surface area contributed by atoms with Crippen LogP contribution in [0.25, 0.3) is 10.8 Å². The van der Waals surface area contributed by atoms with E-state index in [1.807, 2.05) is 23.6 Å².